The highest BCUT2D eigenvalue weighted by Crippen LogP contribution is 2.42. The smallest absolute Gasteiger partial charge is 0.352 e. The van der Waals surface area contributed by atoms with Crippen molar-refractivity contribution in [1.29, 1.82) is 0 Å². The highest BCUT2D eigenvalue weighted by molar-refractivity contribution is 8.01. The number of thioether (sulfide) groups is 2. The molecule has 2 N–H and O–H groups in total. The Bertz CT molecular complexity index is 1200. The number of fused-ring (bicyclic) bond motifs is 1. The summed E-state index contributed by atoms with van der Waals surface area (Å²) in [6.45, 7) is 7.26. The standard InChI is InChI=1S/C20H23ClN6O4S3/c1-5-12(27-9(3)13(21)8(2)25-27)16(28)22-14-17(29)26-15(19(30)31)11(6-32-18(14)26)7-33-20-24-23-10(4)34-20/h12,14,18H,5-7H2,1-4H3,(H,22,28)(H,30,31)/t12-,14+,18+/m1/s1. The van der Waals surface area contributed by atoms with Gasteiger partial charge in [-0.1, -0.05) is 41.6 Å². The molecule has 14 heteroatoms. The van der Waals surface area contributed by atoms with E-state index in [-0.39, 0.29) is 11.6 Å². The largest absolute Gasteiger partial charge is 0.477 e. The molecule has 2 aromatic heterocycles. The molecule has 0 spiro atoms. The lowest BCUT2D eigenvalue weighted by molar-refractivity contribution is -0.151. The van der Waals surface area contributed by atoms with Crippen LogP contribution in [-0.4, -0.2) is 70.7 Å². The molecule has 2 aliphatic rings. The summed E-state index contributed by atoms with van der Waals surface area (Å²) >= 11 is 10.5. The average Bonchev–Trinajstić information content (AvgIpc) is 3.33. The van der Waals surface area contributed by atoms with Crippen LogP contribution in [-0.2, 0) is 14.4 Å². The Morgan fingerprint density at radius 3 is 2.62 bits per heavy atom. The zero-order valence-corrected chi connectivity index (χ0v) is 22.1. The maximum atomic E-state index is 13.1. The van der Waals surface area contributed by atoms with E-state index >= 15 is 0 Å². The number of hydrogen-bond acceptors (Lipinski definition) is 9. The van der Waals surface area contributed by atoms with Gasteiger partial charge in [0, 0.05) is 11.5 Å². The van der Waals surface area contributed by atoms with Crippen molar-refractivity contribution in [1.82, 2.24) is 30.2 Å². The molecule has 0 aliphatic carbocycles. The first-order valence-corrected chi connectivity index (χ1v) is 13.7. The Morgan fingerprint density at radius 1 is 1.32 bits per heavy atom. The van der Waals surface area contributed by atoms with Crippen LogP contribution in [0.2, 0.25) is 5.02 Å². The number of carbonyl (C=O) groups is 3. The minimum Gasteiger partial charge on any atom is -0.477 e. The van der Waals surface area contributed by atoms with Crippen molar-refractivity contribution < 1.29 is 19.5 Å². The van der Waals surface area contributed by atoms with Crippen LogP contribution < -0.4 is 5.32 Å². The number of aliphatic carboxylic acids is 1. The van der Waals surface area contributed by atoms with Gasteiger partial charge in [0.2, 0.25) is 5.91 Å². The van der Waals surface area contributed by atoms with Crippen LogP contribution in [0.5, 0.6) is 0 Å². The van der Waals surface area contributed by atoms with Gasteiger partial charge in [-0.2, -0.15) is 5.10 Å². The molecule has 0 bridgehead atoms. The highest BCUT2D eigenvalue weighted by Gasteiger charge is 2.54. The van der Waals surface area contributed by atoms with Gasteiger partial charge >= 0.3 is 5.97 Å². The summed E-state index contributed by atoms with van der Waals surface area (Å²) in [5, 5.41) is 25.9. The van der Waals surface area contributed by atoms with Crippen LogP contribution >= 0.6 is 46.5 Å². The van der Waals surface area contributed by atoms with Crippen molar-refractivity contribution in [3.63, 3.8) is 0 Å². The van der Waals surface area contributed by atoms with Gasteiger partial charge in [-0.3, -0.25) is 19.2 Å². The van der Waals surface area contributed by atoms with Gasteiger partial charge in [0.1, 0.15) is 28.2 Å². The number of rotatable bonds is 8. The van der Waals surface area contributed by atoms with Crippen molar-refractivity contribution >= 4 is 64.2 Å². The lowest BCUT2D eigenvalue weighted by atomic mass is 10.0. The normalized spacial score (nSPS) is 20.7. The van der Waals surface area contributed by atoms with E-state index in [1.165, 1.54) is 39.8 Å². The zero-order chi connectivity index (χ0) is 24.7. The molecular formula is C20H23ClN6O4S3. The zero-order valence-electron chi connectivity index (χ0n) is 18.9. The molecule has 0 unspecified atom stereocenters. The maximum absolute atomic E-state index is 13.1. The number of β-lactam (4-membered cyclic amide) rings is 1. The van der Waals surface area contributed by atoms with Crippen LogP contribution in [0.15, 0.2) is 15.6 Å². The van der Waals surface area contributed by atoms with Crippen LogP contribution in [0.3, 0.4) is 0 Å². The fourth-order valence-corrected chi connectivity index (χ4v) is 7.37. The number of nitrogens with zero attached hydrogens (tertiary/aromatic N) is 5. The fraction of sp³-hybridized carbons (Fsp3) is 0.500. The second-order valence-corrected chi connectivity index (χ2v) is 11.8. The SMILES string of the molecule is CC[C@H](C(=O)N[C@H]1C(=O)N2C(C(=O)O)=C(CSc3nnc(C)s3)CS[C@@H]12)n1nc(C)c(Cl)c1C. The molecule has 0 radical (unpaired) electrons. The number of aryl methyl sites for hydroxylation is 2. The van der Waals surface area contributed by atoms with E-state index in [1.54, 1.807) is 18.5 Å². The van der Waals surface area contributed by atoms with Crippen LogP contribution in [0.25, 0.3) is 0 Å². The van der Waals surface area contributed by atoms with Crippen LogP contribution in [0.4, 0.5) is 0 Å². The van der Waals surface area contributed by atoms with Crippen LogP contribution in [0, 0.1) is 20.8 Å². The van der Waals surface area contributed by atoms with Crippen molar-refractivity contribution in [3.05, 3.63) is 32.7 Å². The van der Waals surface area contributed by atoms with E-state index in [2.05, 4.69) is 20.6 Å². The first kappa shape index (κ1) is 25.0. The molecule has 2 aromatic rings. The predicted molar refractivity (Wildman–Crippen MR) is 131 cm³/mol. The molecule has 2 aliphatic heterocycles. The Balaban J connectivity index is 1.48. The average molecular weight is 543 g/mol. The maximum Gasteiger partial charge on any atom is 0.352 e. The fourth-order valence-electron chi connectivity index (χ4n) is 3.95. The summed E-state index contributed by atoms with van der Waals surface area (Å²) < 4.78 is 2.33. The van der Waals surface area contributed by atoms with E-state index in [0.717, 1.165) is 9.35 Å². The van der Waals surface area contributed by atoms with Crippen molar-refractivity contribution in [3.8, 4) is 0 Å². The van der Waals surface area contributed by atoms with Gasteiger partial charge in [-0.05, 0) is 32.8 Å². The first-order chi connectivity index (χ1) is 16.1. The molecule has 2 amide bonds. The van der Waals surface area contributed by atoms with E-state index in [0.29, 0.717) is 39.9 Å². The van der Waals surface area contributed by atoms with Gasteiger partial charge in [0.15, 0.2) is 4.34 Å². The van der Waals surface area contributed by atoms with E-state index < -0.39 is 29.3 Å². The molecule has 1 saturated heterocycles. The molecular weight excluding hydrogens is 520 g/mol. The van der Waals surface area contributed by atoms with Crippen LogP contribution in [0.1, 0.15) is 35.8 Å². The Kier molecular flexibility index (Phi) is 7.27. The Hall–Kier alpha value is -2.09. The Morgan fingerprint density at radius 2 is 2.06 bits per heavy atom. The topological polar surface area (TPSA) is 130 Å². The molecule has 0 aromatic carbocycles. The predicted octanol–water partition coefficient (Wildman–Crippen LogP) is 2.80. The summed E-state index contributed by atoms with van der Waals surface area (Å²) in [6.07, 6.45) is 0.458. The number of aromatic nitrogens is 4. The lowest BCUT2D eigenvalue weighted by Gasteiger charge is -2.49. The summed E-state index contributed by atoms with van der Waals surface area (Å²) in [5.74, 6) is -1.10. The van der Waals surface area contributed by atoms with Crippen molar-refractivity contribution in [2.24, 2.45) is 0 Å². The number of carboxylic acids is 1. The molecule has 182 valence electrons. The minimum absolute atomic E-state index is 0.00893. The van der Waals surface area contributed by atoms with Gasteiger partial charge in [0.25, 0.3) is 5.91 Å². The number of amides is 2. The number of hydrogen-bond donors (Lipinski definition) is 2. The van der Waals surface area contributed by atoms with Crippen molar-refractivity contribution in [2.45, 2.75) is 55.9 Å². The Labute approximate surface area is 213 Å². The monoisotopic (exact) mass is 542 g/mol. The second-order valence-electron chi connectivity index (χ2n) is 7.88. The molecule has 4 heterocycles. The summed E-state index contributed by atoms with van der Waals surface area (Å²) in [4.78, 5) is 39.4. The minimum atomic E-state index is -1.16. The van der Waals surface area contributed by atoms with Gasteiger partial charge in [0.05, 0.1) is 16.4 Å². The summed E-state index contributed by atoms with van der Waals surface area (Å²) in [7, 11) is 0. The van der Waals surface area contributed by atoms with Gasteiger partial charge in [-0.25, -0.2) is 4.79 Å². The third-order valence-electron chi connectivity index (χ3n) is 5.65. The van der Waals surface area contributed by atoms with Gasteiger partial charge < -0.3 is 10.4 Å². The highest BCUT2D eigenvalue weighted by atomic mass is 35.5. The first-order valence-electron chi connectivity index (χ1n) is 10.5. The molecule has 0 saturated carbocycles. The van der Waals surface area contributed by atoms with E-state index in [4.69, 9.17) is 11.6 Å². The number of carbonyl (C=O) groups excluding carboxylic acids is 2. The number of nitrogens with one attached hydrogen (secondary N) is 1. The van der Waals surface area contributed by atoms with Gasteiger partial charge in [-0.15, -0.1) is 22.0 Å². The molecule has 4 rings (SSSR count). The lowest BCUT2D eigenvalue weighted by Crippen LogP contribution is -2.71. The second kappa shape index (κ2) is 9.88. The van der Waals surface area contributed by atoms with E-state index in [1.807, 2.05) is 13.8 Å². The number of carboxylic acid groups (broad SMARTS) is 1. The quantitative estimate of drug-likeness (QED) is 0.382. The molecule has 1 fully saturated rings. The van der Waals surface area contributed by atoms with Crippen molar-refractivity contribution in [2.75, 3.05) is 11.5 Å². The van der Waals surface area contributed by atoms with E-state index in [9.17, 15) is 19.5 Å². The molecule has 34 heavy (non-hydrogen) atoms. The summed E-state index contributed by atoms with van der Waals surface area (Å²) in [5.41, 5.74) is 1.95. The number of halogens is 1. The third-order valence-corrected chi connectivity index (χ3v) is 9.59. The summed E-state index contributed by atoms with van der Waals surface area (Å²) in [6, 6.07) is -1.42. The third kappa shape index (κ3) is 4.45. The molecule has 3 atom stereocenters. The molecule has 10 nitrogen and oxygen atoms in total.